The summed E-state index contributed by atoms with van der Waals surface area (Å²) < 4.78 is 98.0. The van der Waals surface area contributed by atoms with Crippen molar-refractivity contribution in [2.45, 2.75) is 77.1 Å². The molecule has 6 aromatic rings. The lowest BCUT2D eigenvalue weighted by Crippen LogP contribution is -2.43. The first kappa shape index (κ1) is 45.1. The molecule has 3 atom stereocenters. The highest BCUT2D eigenvalue weighted by Crippen LogP contribution is 2.48. The van der Waals surface area contributed by atoms with E-state index in [1.807, 2.05) is 72.5 Å². The van der Waals surface area contributed by atoms with Crippen molar-refractivity contribution in [2.75, 3.05) is 56.9 Å². The first-order valence-electron chi connectivity index (χ1n) is 21.7. The van der Waals surface area contributed by atoms with Gasteiger partial charge in [-0.2, -0.15) is 23.1 Å². The average molecular weight is 931 g/mol. The molecule has 66 heavy (non-hydrogen) atoms. The number of alkyl halides is 4. The molecule has 4 aromatic heterocycles. The summed E-state index contributed by atoms with van der Waals surface area (Å²) >= 11 is 7.16. The number of anilines is 2. The lowest BCUT2D eigenvalue weighted by Gasteiger charge is -2.34. The number of aromatic nitrogens is 5. The van der Waals surface area contributed by atoms with Crippen molar-refractivity contribution >= 4 is 34.1 Å². The molecule has 2 saturated heterocycles. The fourth-order valence-corrected chi connectivity index (χ4v) is 9.90. The zero-order valence-electron chi connectivity index (χ0n) is 37.1. The van der Waals surface area contributed by atoms with Crippen molar-refractivity contribution in [2.24, 2.45) is 0 Å². The van der Waals surface area contributed by atoms with E-state index in [1.165, 1.54) is 6.92 Å². The van der Waals surface area contributed by atoms with Crippen LogP contribution in [0.25, 0.3) is 22.3 Å². The third-order valence-electron chi connectivity index (χ3n) is 12.9. The van der Waals surface area contributed by atoms with Gasteiger partial charge >= 0.3 is 12.2 Å². The number of hydrogen-bond acceptors (Lipinski definition) is 12. The summed E-state index contributed by atoms with van der Waals surface area (Å²) in [5.74, 6) is 1.27. The van der Waals surface area contributed by atoms with E-state index in [1.54, 1.807) is 20.4 Å². The average Bonchev–Trinajstić information content (AvgIpc) is 3.77. The van der Waals surface area contributed by atoms with Gasteiger partial charge < -0.3 is 28.7 Å². The number of nitrogens with zero attached hydrogens (tertiary/aromatic N) is 8. The van der Waals surface area contributed by atoms with Crippen LogP contribution in [-0.2, 0) is 19.3 Å². The number of rotatable bonds is 13. The summed E-state index contributed by atoms with van der Waals surface area (Å²) in [4.78, 5) is 29.6. The molecule has 346 valence electrons. The molecular formula is C48H48ClF5N8O4. The van der Waals surface area contributed by atoms with Crippen molar-refractivity contribution in [1.82, 2.24) is 29.8 Å². The topological polar surface area (TPSA) is 111 Å². The lowest BCUT2D eigenvalue weighted by molar-refractivity contribution is -0.138. The summed E-state index contributed by atoms with van der Waals surface area (Å²) in [7, 11) is 3.24. The first-order valence-corrected chi connectivity index (χ1v) is 22.1. The Morgan fingerprint density at radius 1 is 0.924 bits per heavy atom. The zero-order chi connectivity index (χ0) is 46.5. The van der Waals surface area contributed by atoms with Crippen LogP contribution in [0.3, 0.4) is 0 Å². The predicted octanol–water partition coefficient (Wildman–Crippen LogP) is 10.0. The Bertz CT molecular complexity index is 2720. The molecule has 3 aliphatic rings. The molecular weight excluding hydrogens is 883 g/mol. The molecule has 0 amide bonds. The fraction of sp³-hybridized carbons (Fsp3) is 0.396. The quantitative estimate of drug-likeness (QED) is 0.103. The molecule has 7 heterocycles. The third-order valence-corrected chi connectivity index (χ3v) is 13.3. The molecule has 3 aliphatic heterocycles. The summed E-state index contributed by atoms with van der Waals surface area (Å²) in [5.41, 5.74) is -1.03. The number of methoxy groups -OCH3 is 2. The van der Waals surface area contributed by atoms with Crippen LogP contribution in [0.15, 0.2) is 66.9 Å². The van der Waals surface area contributed by atoms with Crippen molar-refractivity contribution in [3.63, 3.8) is 0 Å². The highest BCUT2D eigenvalue weighted by molar-refractivity contribution is 6.38. The van der Waals surface area contributed by atoms with Crippen LogP contribution >= 0.6 is 11.6 Å². The Kier molecular flexibility index (Phi) is 12.3. The minimum atomic E-state index is -5.02. The van der Waals surface area contributed by atoms with Crippen LogP contribution in [0, 0.1) is 19.7 Å². The molecule has 9 rings (SSSR count). The maximum atomic E-state index is 15.1. The summed E-state index contributed by atoms with van der Waals surface area (Å²) in [6.45, 7) is 6.62. The van der Waals surface area contributed by atoms with E-state index in [9.17, 15) is 17.6 Å². The van der Waals surface area contributed by atoms with Crippen molar-refractivity contribution < 1.29 is 40.9 Å². The Morgan fingerprint density at radius 2 is 1.61 bits per heavy atom. The standard InChI is InChI=1S/C48H48ClF5N8O4/c1-27-37(48(52,53)54)41(56-28(2)39(27)51)42-38(49)40-36-44(59-46(58-40)66-26-47-17-7-19-61(47)25-32(50)22-47)62(20-21-65-45(36)57-42)29(3)35-8-6-18-55-43(35)60(23-30-9-13-33(63-4)14-10-30)24-31-11-15-34(64-5)16-12-31/h6,8-16,18,29,32H,7,17,19-26H2,1-5H3/t29-,32-,47+/m1/s1. The Hall–Kier alpha value is -6.07. The number of fused-ring (bicyclic) bond motifs is 1. The smallest absolute Gasteiger partial charge is 0.418 e. The largest absolute Gasteiger partial charge is 0.497 e. The summed E-state index contributed by atoms with van der Waals surface area (Å²) in [6, 6.07) is 18.9. The van der Waals surface area contributed by atoms with Gasteiger partial charge in [-0.05, 0) is 81.6 Å². The first-order chi connectivity index (χ1) is 31.7. The predicted molar refractivity (Wildman–Crippen MR) is 240 cm³/mol. The molecule has 0 aliphatic carbocycles. The normalized spacial score (nSPS) is 18.8. The Labute approximate surface area is 383 Å². The van der Waals surface area contributed by atoms with Gasteiger partial charge in [0.1, 0.15) is 70.6 Å². The second kappa shape index (κ2) is 18.0. The van der Waals surface area contributed by atoms with Crippen LogP contribution in [-0.4, -0.2) is 88.6 Å². The summed E-state index contributed by atoms with van der Waals surface area (Å²) in [6.07, 6.45) is -2.43. The highest BCUT2D eigenvalue weighted by atomic mass is 35.5. The molecule has 0 N–H and O–H groups in total. The van der Waals surface area contributed by atoms with E-state index in [2.05, 4.69) is 19.8 Å². The van der Waals surface area contributed by atoms with Gasteiger partial charge in [-0.15, -0.1) is 0 Å². The molecule has 12 nitrogen and oxygen atoms in total. The van der Waals surface area contributed by atoms with Gasteiger partial charge in [0, 0.05) is 43.4 Å². The van der Waals surface area contributed by atoms with Crippen LogP contribution < -0.4 is 28.7 Å². The van der Waals surface area contributed by atoms with Crippen LogP contribution in [0.1, 0.15) is 65.7 Å². The van der Waals surface area contributed by atoms with Crippen molar-refractivity contribution in [3.8, 4) is 34.8 Å². The van der Waals surface area contributed by atoms with Crippen LogP contribution in [0.4, 0.5) is 33.6 Å². The van der Waals surface area contributed by atoms with Gasteiger partial charge in [0.15, 0.2) is 0 Å². The zero-order valence-corrected chi connectivity index (χ0v) is 37.8. The van der Waals surface area contributed by atoms with Crippen molar-refractivity contribution in [3.05, 3.63) is 111 Å². The molecule has 18 heteroatoms. The van der Waals surface area contributed by atoms with Gasteiger partial charge in [-0.3, -0.25) is 4.90 Å². The second-order valence-electron chi connectivity index (χ2n) is 17.0. The van der Waals surface area contributed by atoms with E-state index in [-0.39, 0.29) is 59.7 Å². The molecule has 2 fully saturated rings. The SMILES string of the molecule is COc1ccc(CN(Cc2ccc(OC)cc2)c2ncccc2[C@@H](C)N2CCOc3nc(-c4nc(C)c(F)c(C)c4C(F)(F)F)c(Cl)c4nc(OC[C@@]56CCCN5C[C@H](F)C6)nc2c34)cc1. The van der Waals surface area contributed by atoms with Crippen LogP contribution in [0.2, 0.25) is 5.02 Å². The fourth-order valence-electron chi connectivity index (χ4n) is 9.63. The Balaban J connectivity index is 1.18. The molecule has 2 aromatic carbocycles. The minimum absolute atomic E-state index is 0.00654. The van der Waals surface area contributed by atoms with Gasteiger partial charge in [-0.25, -0.2) is 23.7 Å². The molecule has 0 spiro atoms. The number of benzene rings is 2. The maximum absolute atomic E-state index is 15.1. The second-order valence-corrected chi connectivity index (χ2v) is 17.4. The number of halogens is 6. The van der Waals surface area contributed by atoms with E-state index >= 15 is 4.39 Å². The number of pyridine rings is 3. The highest BCUT2D eigenvalue weighted by Gasteiger charge is 2.49. The van der Waals surface area contributed by atoms with Gasteiger partial charge in [0.2, 0.25) is 5.88 Å². The number of hydrogen-bond donors (Lipinski definition) is 0. The van der Waals surface area contributed by atoms with Gasteiger partial charge in [-0.1, -0.05) is 41.9 Å². The van der Waals surface area contributed by atoms with Crippen LogP contribution in [0.5, 0.6) is 23.4 Å². The summed E-state index contributed by atoms with van der Waals surface area (Å²) in [5, 5.41) is -0.0602. The monoisotopic (exact) mass is 930 g/mol. The maximum Gasteiger partial charge on any atom is 0.418 e. The van der Waals surface area contributed by atoms with E-state index < -0.39 is 52.3 Å². The van der Waals surface area contributed by atoms with E-state index in [0.29, 0.717) is 37.7 Å². The molecule has 0 unspecified atom stereocenters. The van der Waals surface area contributed by atoms with Gasteiger partial charge in [0.25, 0.3) is 0 Å². The molecule has 0 bridgehead atoms. The van der Waals surface area contributed by atoms with E-state index in [4.69, 9.17) is 45.5 Å². The Morgan fingerprint density at radius 3 is 2.26 bits per heavy atom. The van der Waals surface area contributed by atoms with Gasteiger partial charge in [0.05, 0.1) is 48.6 Å². The number of aryl methyl sites for hydroxylation is 1. The number of ether oxygens (including phenoxy) is 4. The molecule has 0 saturated carbocycles. The third kappa shape index (κ3) is 8.46. The van der Waals surface area contributed by atoms with Crippen molar-refractivity contribution in [1.29, 1.82) is 0 Å². The molecule has 0 radical (unpaired) electrons. The lowest BCUT2D eigenvalue weighted by atomic mass is 9.95. The van der Waals surface area contributed by atoms with E-state index in [0.717, 1.165) is 48.1 Å². The minimum Gasteiger partial charge on any atom is -0.497 e.